The fourth-order valence-corrected chi connectivity index (χ4v) is 4.42. The number of nitrogens with zero attached hydrogens (tertiary/aromatic N) is 2. The Morgan fingerprint density at radius 1 is 1.08 bits per heavy atom. The molecule has 1 aliphatic rings. The highest BCUT2D eigenvalue weighted by Gasteiger charge is 2.38. The Kier molecular flexibility index (Phi) is 4.44. The second kappa shape index (κ2) is 6.63. The van der Waals surface area contributed by atoms with Crippen LogP contribution in [0.3, 0.4) is 0 Å². The monoisotopic (exact) mass is 406 g/mol. The van der Waals surface area contributed by atoms with Gasteiger partial charge < -0.3 is 4.90 Å². The SMILES string of the molecule is C[NH+](Cc1nc2ccccc2s1)CN1C(=O)c2cc(Cl)c(Cl)cc2C1=O. The molecule has 1 unspecified atom stereocenters. The third-order valence-corrected chi connectivity index (χ3v) is 5.99. The molecule has 2 aromatic carbocycles. The van der Waals surface area contributed by atoms with E-state index in [9.17, 15) is 9.59 Å². The molecule has 1 N–H and O–H groups in total. The van der Waals surface area contributed by atoms with Crippen molar-refractivity contribution in [3.05, 3.63) is 62.6 Å². The summed E-state index contributed by atoms with van der Waals surface area (Å²) in [5.41, 5.74) is 1.57. The normalized spacial score (nSPS) is 15.0. The van der Waals surface area contributed by atoms with Crippen molar-refractivity contribution in [3.63, 3.8) is 0 Å². The number of imide groups is 1. The van der Waals surface area contributed by atoms with Crippen molar-refractivity contribution in [2.45, 2.75) is 6.54 Å². The number of carbonyl (C=O) groups is 2. The Bertz CT molecular complexity index is 976. The summed E-state index contributed by atoms with van der Waals surface area (Å²) in [5.74, 6) is -0.681. The molecule has 2 amide bonds. The highest BCUT2D eigenvalue weighted by Crippen LogP contribution is 2.31. The quantitative estimate of drug-likeness (QED) is 0.677. The van der Waals surface area contributed by atoms with Crippen LogP contribution >= 0.6 is 34.5 Å². The number of aromatic nitrogens is 1. The number of rotatable bonds is 4. The van der Waals surface area contributed by atoms with Gasteiger partial charge in [0.2, 0.25) is 0 Å². The fourth-order valence-electron chi connectivity index (χ4n) is 3.01. The number of para-hydroxylation sites is 1. The zero-order chi connectivity index (χ0) is 18.4. The van der Waals surface area contributed by atoms with Gasteiger partial charge in [-0.1, -0.05) is 35.3 Å². The van der Waals surface area contributed by atoms with E-state index >= 15 is 0 Å². The molecule has 0 radical (unpaired) electrons. The van der Waals surface area contributed by atoms with Crippen molar-refractivity contribution < 1.29 is 14.5 Å². The van der Waals surface area contributed by atoms with Gasteiger partial charge in [-0.25, -0.2) is 9.88 Å². The molecule has 0 spiro atoms. The van der Waals surface area contributed by atoms with E-state index in [0.29, 0.717) is 17.7 Å². The minimum Gasteiger partial charge on any atom is -0.314 e. The van der Waals surface area contributed by atoms with Crippen LogP contribution in [0.25, 0.3) is 10.2 Å². The van der Waals surface area contributed by atoms with E-state index < -0.39 is 0 Å². The Morgan fingerprint density at radius 3 is 2.31 bits per heavy atom. The van der Waals surface area contributed by atoms with E-state index in [1.54, 1.807) is 11.3 Å². The molecule has 3 aromatic rings. The van der Waals surface area contributed by atoms with Crippen LogP contribution < -0.4 is 4.90 Å². The minimum absolute atomic E-state index is 0.248. The second-order valence-corrected chi connectivity index (χ2v) is 8.15. The first-order valence-electron chi connectivity index (χ1n) is 7.95. The molecular formula is C18H14Cl2N3O2S+. The Labute approximate surface area is 163 Å². The number of hydrogen-bond donors (Lipinski definition) is 1. The number of fused-ring (bicyclic) bond motifs is 2. The number of benzene rings is 2. The second-order valence-electron chi connectivity index (χ2n) is 6.22. The van der Waals surface area contributed by atoms with E-state index in [2.05, 4.69) is 4.98 Å². The standard InChI is InChI=1S/C18H13Cl2N3O2S/c1-22(8-16-21-14-4-2-3-5-15(14)26-16)9-23-17(24)10-6-12(19)13(20)7-11(10)18(23)25/h2-7H,8-9H2,1H3/p+1. The van der Waals surface area contributed by atoms with Crippen LogP contribution in [0.5, 0.6) is 0 Å². The molecule has 0 saturated heterocycles. The summed E-state index contributed by atoms with van der Waals surface area (Å²) in [4.78, 5) is 32.0. The van der Waals surface area contributed by atoms with Crippen molar-refractivity contribution in [2.24, 2.45) is 0 Å². The molecule has 26 heavy (non-hydrogen) atoms. The molecule has 5 nitrogen and oxygen atoms in total. The molecule has 2 heterocycles. The number of carbonyl (C=O) groups excluding carboxylic acids is 2. The fraction of sp³-hybridized carbons (Fsp3) is 0.167. The van der Waals surface area contributed by atoms with Gasteiger partial charge in [0.15, 0.2) is 6.67 Å². The van der Waals surface area contributed by atoms with E-state index in [0.717, 1.165) is 20.1 Å². The number of quaternary nitrogens is 1. The summed E-state index contributed by atoms with van der Waals surface area (Å²) in [6.45, 7) is 0.867. The maximum atomic E-state index is 12.6. The lowest BCUT2D eigenvalue weighted by Gasteiger charge is -2.19. The number of nitrogens with one attached hydrogen (secondary N) is 1. The van der Waals surface area contributed by atoms with E-state index in [1.165, 1.54) is 17.0 Å². The molecule has 4 rings (SSSR count). The topological polar surface area (TPSA) is 54.7 Å². The van der Waals surface area contributed by atoms with Gasteiger partial charge in [-0.2, -0.15) is 0 Å². The summed E-state index contributed by atoms with van der Waals surface area (Å²) in [5, 5.41) is 1.50. The van der Waals surface area contributed by atoms with Crippen molar-refractivity contribution in [3.8, 4) is 0 Å². The van der Waals surface area contributed by atoms with Gasteiger partial charge >= 0.3 is 0 Å². The molecule has 0 bridgehead atoms. The van der Waals surface area contributed by atoms with E-state index in [4.69, 9.17) is 23.2 Å². The Morgan fingerprint density at radius 2 is 1.69 bits per heavy atom. The molecule has 8 heteroatoms. The predicted molar refractivity (Wildman–Crippen MR) is 102 cm³/mol. The number of amides is 2. The Balaban J connectivity index is 1.52. The van der Waals surface area contributed by atoms with Crippen LogP contribution in [0.2, 0.25) is 10.0 Å². The number of halogens is 2. The molecule has 1 aliphatic heterocycles. The largest absolute Gasteiger partial charge is 0.314 e. The number of thiazole rings is 1. The summed E-state index contributed by atoms with van der Waals surface area (Å²) in [6.07, 6.45) is 0. The lowest BCUT2D eigenvalue weighted by molar-refractivity contribution is -0.901. The summed E-state index contributed by atoms with van der Waals surface area (Å²) in [6, 6.07) is 10.9. The minimum atomic E-state index is -0.341. The molecule has 0 fully saturated rings. The smallest absolute Gasteiger partial charge is 0.266 e. The summed E-state index contributed by atoms with van der Waals surface area (Å²) >= 11 is 13.6. The summed E-state index contributed by atoms with van der Waals surface area (Å²) < 4.78 is 1.13. The zero-order valence-corrected chi connectivity index (χ0v) is 16.1. The van der Waals surface area contributed by atoms with Crippen LogP contribution in [-0.4, -0.2) is 35.4 Å². The first-order valence-corrected chi connectivity index (χ1v) is 9.52. The summed E-state index contributed by atoms with van der Waals surface area (Å²) in [7, 11) is 1.93. The van der Waals surface area contributed by atoms with Gasteiger partial charge in [0, 0.05) is 0 Å². The van der Waals surface area contributed by atoms with Crippen LogP contribution in [0.1, 0.15) is 25.7 Å². The Hall–Kier alpha value is -1.99. The molecule has 132 valence electrons. The third-order valence-electron chi connectivity index (χ3n) is 4.23. The van der Waals surface area contributed by atoms with Crippen LogP contribution in [0, 0.1) is 0 Å². The molecule has 1 atom stereocenters. The van der Waals surface area contributed by atoms with Crippen molar-refractivity contribution >= 4 is 56.6 Å². The van der Waals surface area contributed by atoms with Gasteiger partial charge in [-0.15, -0.1) is 11.3 Å². The van der Waals surface area contributed by atoms with Crippen LogP contribution in [0.4, 0.5) is 0 Å². The maximum Gasteiger partial charge on any atom is 0.266 e. The number of hydrogen-bond acceptors (Lipinski definition) is 4. The average molecular weight is 407 g/mol. The third kappa shape index (κ3) is 2.99. The van der Waals surface area contributed by atoms with Crippen LogP contribution in [-0.2, 0) is 6.54 Å². The lowest BCUT2D eigenvalue weighted by atomic mass is 10.1. The predicted octanol–water partition coefficient (Wildman–Crippen LogP) is 2.87. The van der Waals surface area contributed by atoms with E-state index in [-0.39, 0.29) is 28.5 Å². The van der Waals surface area contributed by atoms with Gasteiger partial charge in [0.25, 0.3) is 11.8 Å². The van der Waals surface area contributed by atoms with Crippen molar-refractivity contribution in [1.82, 2.24) is 9.88 Å². The molecule has 0 aliphatic carbocycles. The van der Waals surface area contributed by atoms with Crippen LogP contribution in [0.15, 0.2) is 36.4 Å². The zero-order valence-electron chi connectivity index (χ0n) is 13.8. The molecule has 0 saturated carbocycles. The highest BCUT2D eigenvalue weighted by molar-refractivity contribution is 7.18. The average Bonchev–Trinajstić information content (AvgIpc) is 3.10. The van der Waals surface area contributed by atoms with Gasteiger partial charge in [0.05, 0.1) is 38.4 Å². The van der Waals surface area contributed by atoms with Gasteiger partial charge in [0.1, 0.15) is 11.6 Å². The first-order chi connectivity index (χ1) is 12.4. The highest BCUT2D eigenvalue weighted by atomic mass is 35.5. The van der Waals surface area contributed by atoms with Gasteiger partial charge in [-0.05, 0) is 24.3 Å². The van der Waals surface area contributed by atoms with Crippen molar-refractivity contribution in [1.29, 1.82) is 0 Å². The lowest BCUT2D eigenvalue weighted by Crippen LogP contribution is -3.09. The molecular weight excluding hydrogens is 393 g/mol. The molecule has 1 aromatic heterocycles. The van der Waals surface area contributed by atoms with E-state index in [1.807, 2.05) is 31.3 Å². The first kappa shape index (κ1) is 17.4. The van der Waals surface area contributed by atoms with Crippen molar-refractivity contribution in [2.75, 3.05) is 13.7 Å². The van der Waals surface area contributed by atoms with Gasteiger partial charge in [-0.3, -0.25) is 9.59 Å². The maximum absolute atomic E-state index is 12.6.